The van der Waals surface area contributed by atoms with E-state index in [2.05, 4.69) is 24.0 Å². The lowest BCUT2D eigenvalue weighted by atomic mass is 10.0. The molecule has 0 aromatic heterocycles. The molecule has 2 atom stereocenters. The third kappa shape index (κ3) is 4.14. The predicted octanol–water partition coefficient (Wildman–Crippen LogP) is 2.93. The number of nitrogens with zero attached hydrogens (tertiary/aromatic N) is 1. The zero-order chi connectivity index (χ0) is 11.5. The van der Waals surface area contributed by atoms with Crippen molar-refractivity contribution in [2.45, 2.75) is 25.9 Å². The average molecular weight is 275 g/mol. The van der Waals surface area contributed by atoms with Crippen molar-refractivity contribution >= 4 is 24.0 Å². The van der Waals surface area contributed by atoms with Gasteiger partial charge in [-0.25, -0.2) is 0 Å². The van der Waals surface area contributed by atoms with Crippen molar-refractivity contribution < 1.29 is 0 Å². The standard InChI is InChI=1S/C13H19ClN2.ClH/c1-10(15)12-6-7-16(9-12)8-11-2-4-13(14)5-3-11;/h2-5,10,12H,6-9,15H2,1H3;1H. The minimum Gasteiger partial charge on any atom is -0.328 e. The van der Waals surface area contributed by atoms with Crippen molar-refractivity contribution in [1.29, 1.82) is 0 Å². The summed E-state index contributed by atoms with van der Waals surface area (Å²) in [5, 5.41) is 0.804. The Morgan fingerprint density at radius 3 is 2.59 bits per heavy atom. The first-order valence-electron chi connectivity index (χ1n) is 5.87. The lowest BCUT2D eigenvalue weighted by Crippen LogP contribution is -2.29. The van der Waals surface area contributed by atoms with Crippen LogP contribution in [0.4, 0.5) is 0 Å². The van der Waals surface area contributed by atoms with E-state index in [4.69, 9.17) is 17.3 Å². The molecular weight excluding hydrogens is 255 g/mol. The fourth-order valence-electron chi connectivity index (χ4n) is 2.28. The predicted molar refractivity (Wildman–Crippen MR) is 75.7 cm³/mol. The Kier molecular flexibility index (Phi) is 5.74. The van der Waals surface area contributed by atoms with Gasteiger partial charge >= 0.3 is 0 Å². The highest BCUT2D eigenvalue weighted by Gasteiger charge is 2.24. The number of hydrogen-bond donors (Lipinski definition) is 1. The average Bonchev–Trinajstić information content (AvgIpc) is 2.70. The second-order valence-electron chi connectivity index (χ2n) is 4.77. The van der Waals surface area contributed by atoms with Gasteiger partial charge in [-0.1, -0.05) is 23.7 Å². The van der Waals surface area contributed by atoms with Crippen LogP contribution < -0.4 is 5.73 Å². The Balaban J connectivity index is 0.00000144. The summed E-state index contributed by atoms with van der Waals surface area (Å²) in [4.78, 5) is 2.47. The van der Waals surface area contributed by atoms with Gasteiger partial charge in [0.2, 0.25) is 0 Å². The normalized spacial score (nSPS) is 22.2. The Morgan fingerprint density at radius 2 is 2.06 bits per heavy atom. The van der Waals surface area contributed by atoms with Crippen molar-refractivity contribution in [2.75, 3.05) is 13.1 Å². The minimum atomic E-state index is 0. The lowest BCUT2D eigenvalue weighted by molar-refractivity contribution is 0.308. The summed E-state index contributed by atoms with van der Waals surface area (Å²) in [6.07, 6.45) is 1.23. The maximum absolute atomic E-state index is 5.93. The highest BCUT2D eigenvalue weighted by atomic mass is 35.5. The summed E-state index contributed by atoms with van der Waals surface area (Å²) < 4.78 is 0. The van der Waals surface area contributed by atoms with E-state index in [1.165, 1.54) is 12.0 Å². The van der Waals surface area contributed by atoms with E-state index in [1.54, 1.807) is 0 Å². The summed E-state index contributed by atoms with van der Waals surface area (Å²) in [5.74, 6) is 0.660. The number of nitrogens with two attached hydrogens (primary N) is 1. The highest BCUT2D eigenvalue weighted by molar-refractivity contribution is 6.30. The van der Waals surface area contributed by atoms with Crippen molar-refractivity contribution in [2.24, 2.45) is 11.7 Å². The van der Waals surface area contributed by atoms with E-state index in [0.717, 1.165) is 24.7 Å². The first kappa shape index (κ1) is 14.8. The van der Waals surface area contributed by atoms with Gasteiger partial charge in [0.05, 0.1) is 0 Å². The molecule has 1 aliphatic rings. The van der Waals surface area contributed by atoms with Gasteiger partial charge in [-0.05, 0) is 43.5 Å². The number of likely N-dealkylation sites (tertiary alicyclic amines) is 1. The summed E-state index contributed by atoms with van der Waals surface area (Å²) in [6.45, 7) is 5.41. The summed E-state index contributed by atoms with van der Waals surface area (Å²) in [6, 6.07) is 8.42. The molecule has 2 rings (SSSR count). The van der Waals surface area contributed by atoms with E-state index in [0.29, 0.717) is 12.0 Å². The van der Waals surface area contributed by atoms with Gasteiger partial charge in [-0.2, -0.15) is 0 Å². The SMILES string of the molecule is CC(N)C1CCN(Cc2ccc(Cl)cc2)C1.Cl. The van der Waals surface area contributed by atoms with Crippen molar-refractivity contribution in [1.82, 2.24) is 4.90 Å². The van der Waals surface area contributed by atoms with Gasteiger partial charge in [0.25, 0.3) is 0 Å². The van der Waals surface area contributed by atoms with Crippen molar-refractivity contribution in [3.05, 3.63) is 34.9 Å². The molecule has 2 nitrogen and oxygen atoms in total. The molecule has 1 aromatic carbocycles. The monoisotopic (exact) mass is 274 g/mol. The number of rotatable bonds is 3. The van der Waals surface area contributed by atoms with Crippen LogP contribution in [0.25, 0.3) is 0 Å². The fraction of sp³-hybridized carbons (Fsp3) is 0.538. The Bertz CT molecular complexity index is 338. The van der Waals surface area contributed by atoms with Crippen LogP contribution in [0.3, 0.4) is 0 Å². The zero-order valence-corrected chi connectivity index (χ0v) is 11.7. The molecule has 0 spiro atoms. The van der Waals surface area contributed by atoms with E-state index < -0.39 is 0 Å². The second-order valence-corrected chi connectivity index (χ2v) is 5.21. The van der Waals surface area contributed by atoms with E-state index in [9.17, 15) is 0 Å². The topological polar surface area (TPSA) is 29.3 Å². The first-order valence-corrected chi connectivity index (χ1v) is 6.25. The van der Waals surface area contributed by atoms with Gasteiger partial charge in [-0.3, -0.25) is 4.90 Å². The minimum absolute atomic E-state index is 0. The summed E-state index contributed by atoms with van der Waals surface area (Å²) in [7, 11) is 0. The van der Waals surface area contributed by atoms with Crippen LogP contribution >= 0.6 is 24.0 Å². The van der Waals surface area contributed by atoms with Gasteiger partial charge in [0.1, 0.15) is 0 Å². The third-order valence-corrected chi connectivity index (χ3v) is 3.62. The van der Waals surface area contributed by atoms with E-state index >= 15 is 0 Å². The van der Waals surface area contributed by atoms with E-state index in [-0.39, 0.29) is 12.4 Å². The molecule has 0 saturated carbocycles. The van der Waals surface area contributed by atoms with Crippen LogP contribution in [-0.4, -0.2) is 24.0 Å². The molecule has 17 heavy (non-hydrogen) atoms. The van der Waals surface area contributed by atoms with Crippen LogP contribution in [0.5, 0.6) is 0 Å². The molecule has 1 heterocycles. The lowest BCUT2D eigenvalue weighted by Gasteiger charge is -2.17. The molecule has 1 saturated heterocycles. The van der Waals surface area contributed by atoms with E-state index in [1.807, 2.05) is 12.1 Å². The van der Waals surface area contributed by atoms with Crippen molar-refractivity contribution in [3.63, 3.8) is 0 Å². The van der Waals surface area contributed by atoms with Crippen LogP contribution in [0.2, 0.25) is 5.02 Å². The van der Waals surface area contributed by atoms with Gasteiger partial charge < -0.3 is 5.73 Å². The second kappa shape index (κ2) is 6.60. The number of benzene rings is 1. The molecule has 2 unspecified atom stereocenters. The molecule has 0 amide bonds. The molecule has 0 bridgehead atoms. The van der Waals surface area contributed by atoms with Crippen LogP contribution in [0, 0.1) is 5.92 Å². The molecule has 96 valence electrons. The molecular formula is C13H20Cl2N2. The highest BCUT2D eigenvalue weighted by Crippen LogP contribution is 2.21. The Hall–Kier alpha value is -0.280. The Labute approximate surface area is 115 Å². The van der Waals surface area contributed by atoms with Crippen LogP contribution in [0.15, 0.2) is 24.3 Å². The third-order valence-electron chi connectivity index (χ3n) is 3.37. The van der Waals surface area contributed by atoms with Gasteiger partial charge in [0.15, 0.2) is 0 Å². The van der Waals surface area contributed by atoms with Crippen LogP contribution in [0.1, 0.15) is 18.9 Å². The molecule has 0 aliphatic carbocycles. The zero-order valence-electron chi connectivity index (χ0n) is 10.1. The molecule has 4 heteroatoms. The van der Waals surface area contributed by atoms with Gasteiger partial charge in [0, 0.05) is 24.2 Å². The number of halogens is 2. The largest absolute Gasteiger partial charge is 0.328 e. The molecule has 0 radical (unpaired) electrons. The molecule has 1 fully saturated rings. The first-order chi connectivity index (χ1) is 7.65. The Morgan fingerprint density at radius 1 is 1.41 bits per heavy atom. The molecule has 2 N–H and O–H groups in total. The maximum atomic E-state index is 5.93. The van der Waals surface area contributed by atoms with Crippen LogP contribution in [-0.2, 0) is 6.54 Å². The quantitative estimate of drug-likeness (QED) is 0.919. The fourth-order valence-corrected chi connectivity index (χ4v) is 2.41. The number of hydrogen-bond acceptors (Lipinski definition) is 2. The smallest absolute Gasteiger partial charge is 0.0406 e. The van der Waals surface area contributed by atoms with Gasteiger partial charge in [-0.15, -0.1) is 12.4 Å². The molecule has 1 aliphatic heterocycles. The summed E-state index contributed by atoms with van der Waals surface area (Å²) in [5.41, 5.74) is 7.26. The maximum Gasteiger partial charge on any atom is 0.0406 e. The molecule has 1 aromatic rings. The van der Waals surface area contributed by atoms with Crippen molar-refractivity contribution in [3.8, 4) is 0 Å². The summed E-state index contributed by atoms with van der Waals surface area (Å²) >= 11 is 5.86.